The number of nitro groups is 1. The van der Waals surface area contributed by atoms with Gasteiger partial charge < -0.3 is 9.64 Å². The Kier molecular flexibility index (Phi) is 5.08. The second-order valence-electron chi connectivity index (χ2n) is 5.44. The summed E-state index contributed by atoms with van der Waals surface area (Å²) in [4.78, 5) is 35.8. The van der Waals surface area contributed by atoms with Gasteiger partial charge in [-0.3, -0.25) is 14.9 Å². The molecule has 1 aliphatic heterocycles. The van der Waals surface area contributed by atoms with E-state index in [2.05, 4.69) is 6.92 Å². The van der Waals surface area contributed by atoms with E-state index < -0.39 is 17.5 Å². The molecule has 0 saturated carbocycles. The fourth-order valence-corrected chi connectivity index (χ4v) is 2.52. The van der Waals surface area contributed by atoms with E-state index in [-0.39, 0.29) is 17.2 Å². The van der Waals surface area contributed by atoms with Gasteiger partial charge in [0, 0.05) is 19.2 Å². The van der Waals surface area contributed by atoms with Gasteiger partial charge in [-0.1, -0.05) is 19.1 Å². The highest BCUT2D eigenvalue weighted by molar-refractivity contribution is 5.95. The van der Waals surface area contributed by atoms with Crippen molar-refractivity contribution >= 4 is 17.6 Å². The maximum atomic E-state index is 12.0. The number of piperidine rings is 1. The van der Waals surface area contributed by atoms with Crippen molar-refractivity contribution in [3.63, 3.8) is 0 Å². The van der Waals surface area contributed by atoms with Gasteiger partial charge in [0.25, 0.3) is 11.6 Å². The molecule has 0 radical (unpaired) electrons. The molecule has 0 N–H and O–H groups in total. The number of nitrogens with zero attached hydrogens (tertiary/aromatic N) is 2. The van der Waals surface area contributed by atoms with Crippen LogP contribution >= 0.6 is 0 Å². The van der Waals surface area contributed by atoms with Crippen molar-refractivity contribution in [1.82, 2.24) is 4.90 Å². The average molecular weight is 306 g/mol. The number of amides is 1. The Morgan fingerprint density at radius 3 is 2.82 bits per heavy atom. The summed E-state index contributed by atoms with van der Waals surface area (Å²) in [5, 5.41) is 10.9. The van der Waals surface area contributed by atoms with E-state index in [4.69, 9.17) is 4.74 Å². The van der Waals surface area contributed by atoms with Crippen LogP contribution in [0.3, 0.4) is 0 Å². The Morgan fingerprint density at radius 2 is 2.14 bits per heavy atom. The summed E-state index contributed by atoms with van der Waals surface area (Å²) in [5.41, 5.74) is -0.473. The second-order valence-corrected chi connectivity index (χ2v) is 5.44. The van der Waals surface area contributed by atoms with Crippen LogP contribution in [-0.4, -0.2) is 41.4 Å². The van der Waals surface area contributed by atoms with E-state index in [0.717, 1.165) is 12.8 Å². The Bertz CT molecular complexity index is 587. The molecule has 1 fully saturated rings. The number of para-hydroxylation sites is 1. The van der Waals surface area contributed by atoms with E-state index in [9.17, 15) is 19.7 Å². The number of carbonyl (C=O) groups is 2. The lowest BCUT2D eigenvalue weighted by Crippen LogP contribution is -2.41. The van der Waals surface area contributed by atoms with Crippen LogP contribution in [-0.2, 0) is 9.53 Å². The number of rotatable bonds is 4. The van der Waals surface area contributed by atoms with Crippen molar-refractivity contribution in [2.45, 2.75) is 19.8 Å². The van der Waals surface area contributed by atoms with Crippen molar-refractivity contribution in [2.24, 2.45) is 5.92 Å². The minimum absolute atomic E-state index is 0.146. The minimum Gasteiger partial charge on any atom is -0.452 e. The highest BCUT2D eigenvalue weighted by Gasteiger charge is 2.24. The van der Waals surface area contributed by atoms with E-state index in [1.165, 1.54) is 24.3 Å². The first-order chi connectivity index (χ1) is 10.5. The lowest BCUT2D eigenvalue weighted by molar-refractivity contribution is -0.385. The molecule has 1 atom stereocenters. The Hall–Kier alpha value is -2.44. The molecule has 1 amide bonds. The quantitative estimate of drug-likeness (QED) is 0.482. The van der Waals surface area contributed by atoms with Crippen LogP contribution in [0.1, 0.15) is 30.1 Å². The van der Waals surface area contributed by atoms with Crippen LogP contribution in [0, 0.1) is 16.0 Å². The summed E-state index contributed by atoms with van der Waals surface area (Å²) >= 11 is 0. The smallest absolute Gasteiger partial charge is 0.345 e. The van der Waals surface area contributed by atoms with Crippen molar-refractivity contribution < 1.29 is 19.2 Å². The highest BCUT2D eigenvalue weighted by atomic mass is 16.6. The number of benzene rings is 1. The summed E-state index contributed by atoms with van der Waals surface area (Å²) in [5.74, 6) is -0.687. The lowest BCUT2D eigenvalue weighted by atomic mass is 10.0. The molecule has 1 aromatic carbocycles. The van der Waals surface area contributed by atoms with Crippen LogP contribution in [0.15, 0.2) is 24.3 Å². The molecule has 0 aliphatic carbocycles. The molecular formula is C15H18N2O5. The molecule has 1 saturated heterocycles. The van der Waals surface area contributed by atoms with Crippen molar-refractivity contribution in [1.29, 1.82) is 0 Å². The van der Waals surface area contributed by atoms with Gasteiger partial charge in [-0.2, -0.15) is 0 Å². The number of ether oxygens (including phenoxy) is 1. The summed E-state index contributed by atoms with van der Waals surface area (Å²) in [6.45, 7) is 2.99. The third-order valence-corrected chi connectivity index (χ3v) is 3.66. The first kappa shape index (κ1) is 15.9. The maximum absolute atomic E-state index is 12.0. The van der Waals surface area contributed by atoms with Gasteiger partial charge in [0.15, 0.2) is 6.61 Å². The fourth-order valence-electron chi connectivity index (χ4n) is 2.52. The molecule has 0 bridgehead atoms. The molecule has 1 heterocycles. The predicted molar refractivity (Wildman–Crippen MR) is 78.4 cm³/mol. The molecule has 7 heteroatoms. The molecule has 22 heavy (non-hydrogen) atoms. The van der Waals surface area contributed by atoms with Crippen LogP contribution in [0.25, 0.3) is 0 Å². The minimum atomic E-state index is -0.856. The van der Waals surface area contributed by atoms with Gasteiger partial charge in [0.1, 0.15) is 5.56 Å². The zero-order valence-corrected chi connectivity index (χ0v) is 12.4. The zero-order valence-electron chi connectivity index (χ0n) is 12.4. The molecule has 7 nitrogen and oxygen atoms in total. The van der Waals surface area contributed by atoms with Crippen LogP contribution in [0.2, 0.25) is 0 Å². The Morgan fingerprint density at radius 1 is 1.41 bits per heavy atom. The normalized spacial score (nSPS) is 17.9. The van der Waals surface area contributed by atoms with Crippen LogP contribution in [0.5, 0.6) is 0 Å². The van der Waals surface area contributed by atoms with E-state index in [0.29, 0.717) is 19.0 Å². The number of hydrogen-bond acceptors (Lipinski definition) is 5. The summed E-state index contributed by atoms with van der Waals surface area (Å²) in [7, 11) is 0. The third kappa shape index (κ3) is 3.81. The molecule has 1 aliphatic rings. The highest BCUT2D eigenvalue weighted by Crippen LogP contribution is 2.19. The molecule has 118 valence electrons. The molecule has 1 aromatic rings. The zero-order chi connectivity index (χ0) is 16.1. The number of nitro benzene ring substituents is 1. The van der Waals surface area contributed by atoms with Crippen molar-refractivity contribution in [3.05, 3.63) is 39.9 Å². The first-order valence-electron chi connectivity index (χ1n) is 7.17. The monoisotopic (exact) mass is 306 g/mol. The van der Waals surface area contributed by atoms with Crippen LogP contribution < -0.4 is 0 Å². The maximum Gasteiger partial charge on any atom is 0.345 e. The number of esters is 1. The number of carbonyl (C=O) groups excluding carboxylic acids is 2. The Balaban J connectivity index is 1.95. The Labute approximate surface area is 128 Å². The van der Waals surface area contributed by atoms with Crippen LogP contribution in [0.4, 0.5) is 5.69 Å². The van der Waals surface area contributed by atoms with Crippen molar-refractivity contribution in [3.8, 4) is 0 Å². The van der Waals surface area contributed by atoms with Crippen molar-refractivity contribution in [2.75, 3.05) is 19.7 Å². The summed E-state index contributed by atoms with van der Waals surface area (Å²) in [6.07, 6.45) is 2.02. The topological polar surface area (TPSA) is 89.8 Å². The molecule has 2 rings (SSSR count). The van der Waals surface area contributed by atoms with Gasteiger partial charge in [-0.15, -0.1) is 0 Å². The number of likely N-dealkylation sites (tertiary alicyclic amines) is 1. The van der Waals surface area contributed by atoms with Gasteiger partial charge in [0.05, 0.1) is 4.92 Å². The number of hydrogen-bond donors (Lipinski definition) is 0. The van der Waals surface area contributed by atoms with Gasteiger partial charge in [-0.05, 0) is 24.8 Å². The van der Waals surface area contributed by atoms with Gasteiger partial charge >= 0.3 is 5.97 Å². The van der Waals surface area contributed by atoms with E-state index >= 15 is 0 Å². The average Bonchev–Trinajstić information content (AvgIpc) is 2.52. The molecule has 0 aromatic heterocycles. The largest absolute Gasteiger partial charge is 0.452 e. The molecule has 0 unspecified atom stereocenters. The predicted octanol–water partition coefficient (Wildman–Crippen LogP) is 2.01. The standard InChI is InChI=1S/C15H18N2O5/c1-11-5-4-8-16(9-11)14(18)10-22-15(19)12-6-2-3-7-13(12)17(20)21/h2-3,6-7,11H,4-5,8-10H2,1H3/t11-/m0/s1. The second kappa shape index (κ2) is 7.02. The molecular weight excluding hydrogens is 288 g/mol. The lowest BCUT2D eigenvalue weighted by Gasteiger charge is -2.30. The first-order valence-corrected chi connectivity index (χ1v) is 7.17. The van der Waals surface area contributed by atoms with Gasteiger partial charge in [-0.25, -0.2) is 4.79 Å². The molecule has 0 spiro atoms. The SMILES string of the molecule is C[C@H]1CCCN(C(=O)COC(=O)c2ccccc2[N+](=O)[O-])C1. The summed E-state index contributed by atoms with van der Waals surface area (Å²) < 4.78 is 4.93. The van der Waals surface area contributed by atoms with E-state index in [1.807, 2.05) is 0 Å². The van der Waals surface area contributed by atoms with E-state index in [1.54, 1.807) is 4.90 Å². The van der Waals surface area contributed by atoms with Gasteiger partial charge in [0.2, 0.25) is 0 Å². The fraction of sp³-hybridized carbons (Fsp3) is 0.467. The third-order valence-electron chi connectivity index (χ3n) is 3.66. The summed E-state index contributed by atoms with van der Waals surface area (Å²) in [6, 6.07) is 5.52.